The molecule has 0 radical (unpaired) electrons. The first-order chi connectivity index (χ1) is 10.4. The summed E-state index contributed by atoms with van der Waals surface area (Å²) >= 11 is 3.31. The van der Waals surface area contributed by atoms with Crippen LogP contribution in [0.1, 0.15) is 11.1 Å². The topological polar surface area (TPSA) is 56.0 Å². The Morgan fingerprint density at radius 1 is 1.27 bits per heavy atom. The van der Waals surface area contributed by atoms with Crippen molar-refractivity contribution in [1.82, 2.24) is 9.80 Å². The Hall–Kier alpha value is -2.02. The van der Waals surface area contributed by atoms with E-state index >= 15 is 0 Å². The van der Waals surface area contributed by atoms with Gasteiger partial charge in [-0.05, 0) is 17.5 Å². The van der Waals surface area contributed by atoms with Crippen molar-refractivity contribution in [3.8, 4) is 0 Å². The van der Waals surface area contributed by atoms with Crippen LogP contribution in [-0.2, 0) is 11.3 Å². The molecule has 1 unspecified atom stereocenters. The lowest BCUT2D eigenvalue weighted by Gasteiger charge is -2.32. The summed E-state index contributed by atoms with van der Waals surface area (Å²) in [5.74, 6) is 0.212. The van der Waals surface area contributed by atoms with Gasteiger partial charge in [0.1, 0.15) is 0 Å². The quantitative estimate of drug-likeness (QED) is 0.591. The number of likely N-dealkylation sites (N-methyl/N-ethyl adjacent to an activating group) is 2. The van der Waals surface area contributed by atoms with Crippen molar-refractivity contribution in [2.24, 2.45) is 4.99 Å². The second kappa shape index (κ2) is 5.31. The average Bonchev–Trinajstić information content (AvgIpc) is 2.79. The van der Waals surface area contributed by atoms with Crippen LogP contribution in [0.4, 0.5) is 4.79 Å². The van der Waals surface area contributed by atoms with E-state index in [0.29, 0.717) is 10.6 Å². The van der Waals surface area contributed by atoms with Crippen molar-refractivity contribution < 1.29 is 14.2 Å². The number of amidine groups is 2. The number of carbonyl (C=O) groups is 2. The summed E-state index contributed by atoms with van der Waals surface area (Å²) in [5.41, 5.74) is 2.06. The highest BCUT2D eigenvalue weighted by Crippen LogP contribution is 2.22. The second-order valence-corrected chi connectivity index (χ2v) is 6.21. The van der Waals surface area contributed by atoms with Gasteiger partial charge in [0.25, 0.3) is 17.8 Å². The number of aliphatic imine (C=N–C) groups is 1. The number of hydrogen-bond acceptors (Lipinski definition) is 3. The van der Waals surface area contributed by atoms with E-state index < -0.39 is 6.04 Å². The van der Waals surface area contributed by atoms with Gasteiger partial charge >= 0.3 is 10.8 Å². The summed E-state index contributed by atoms with van der Waals surface area (Å²) in [7, 11) is 3.42. The van der Waals surface area contributed by atoms with Crippen LogP contribution in [0.2, 0.25) is 0 Å². The number of fused-ring (bicyclic) bond motifs is 1. The zero-order valence-electron chi connectivity index (χ0n) is 12.6. The van der Waals surface area contributed by atoms with Gasteiger partial charge < -0.3 is 0 Å². The monoisotopic (exact) mass is 363 g/mol. The molecule has 3 amide bonds. The summed E-state index contributed by atoms with van der Waals surface area (Å²) in [6.45, 7) is 2.26. The third kappa shape index (κ3) is 2.25. The van der Waals surface area contributed by atoms with Gasteiger partial charge in [0.15, 0.2) is 0 Å². The average molecular weight is 364 g/mol. The molecule has 2 aliphatic heterocycles. The highest BCUT2D eigenvalue weighted by Gasteiger charge is 2.52. The third-order valence-electron chi connectivity index (χ3n) is 3.95. The predicted molar refractivity (Wildman–Crippen MR) is 86.2 cm³/mol. The summed E-state index contributed by atoms with van der Waals surface area (Å²) in [5, 5.41) is 0. The lowest BCUT2D eigenvalue weighted by molar-refractivity contribution is -0.502. The molecule has 0 spiro atoms. The van der Waals surface area contributed by atoms with E-state index in [1.165, 1.54) is 9.80 Å². The Labute approximate surface area is 136 Å². The molecule has 2 aliphatic rings. The van der Waals surface area contributed by atoms with Gasteiger partial charge in [0, 0.05) is 7.05 Å². The zero-order chi connectivity index (χ0) is 16.0. The second-order valence-electron chi connectivity index (χ2n) is 5.50. The Balaban J connectivity index is 1.92. The van der Waals surface area contributed by atoms with Crippen molar-refractivity contribution >= 4 is 38.4 Å². The highest BCUT2D eigenvalue weighted by atomic mass is 79.9. The minimum absolute atomic E-state index is 0.251. The fourth-order valence-electron chi connectivity index (χ4n) is 2.59. The number of urea groups is 1. The van der Waals surface area contributed by atoms with Crippen LogP contribution in [-0.4, -0.2) is 57.0 Å². The van der Waals surface area contributed by atoms with E-state index in [0.717, 1.165) is 11.1 Å². The van der Waals surface area contributed by atoms with Gasteiger partial charge in [0.05, 0.1) is 29.5 Å². The molecule has 0 saturated carbocycles. The third-order valence-corrected chi connectivity index (χ3v) is 4.69. The smallest absolute Gasteiger partial charge is 0.269 e. The number of nitrogens with zero attached hydrogens (tertiary/aromatic N) is 4. The maximum absolute atomic E-state index is 12.7. The summed E-state index contributed by atoms with van der Waals surface area (Å²) in [6, 6.07) is 6.90. The van der Waals surface area contributed by atoms with Crippen molar-refractivity contribution in [2.45, 2.75) is 19.5 Å². The SMILES string of the molecule is Cc1ccc(CN2C(=O)C3C(=NC(Br)=[N+]3C)N(C)C2=O)cc1. The van der Waals surface area contributed by atoms with Crippen LogP contribution in [0.3, 0.4) is 0 Å². The summed E-state index contributed by atoms with van der Waals surface area (Å²) in [6.07, 6.45) is 0. The van der Waals surface area contributed by atoms with E-state index in [2.05, 4.69) is 20.9 Å². The molecule has 1 saturated heterocycles. The van der Waals surface area contributed by atoms with E-state index in [4.69, 9.17) is 0 Å². The molecule has 1 aromatic rings. The predicted octanol–water partition coefficient (Wildman–Crippen LogP) is 1.56. The molecular formula is C15H16BrN4O2+. The molecule has 6 nitrogen and oxygen atoms in total. The molecule has 0 aromatic heterocycles. The fourth-order valence-corrected chi connectivity index (χ4v) is 2.98. The van der Waals surface area contributed by atoms with Crippen LogP contribution >= 0.6 is 15.9 Å². The zero-order valence-corrected chi connectivity index (χ0v) is 14.2. The number of rotatable bonds is 2. The van der Waals surface area contributed by atoms with E-state index in [1.807, 2.05) is 31.2 Å². The van der Waals surface area contributed by atoms with Crippen molar-refractivity contribution in [2.75, 3.05) is 14.1 Å². The van der Waals surface area contributed by atoms with Gasteiger partial charge in [0.2, 0.25) is 0 Å². The summed E-state index contributed by atoms with van der Waals surface area (Å²) < 4.78 is 2.28. The molecule has 1 fully saturated rings. The summed E-state index contributed by atoms with van der Waals surface area (Å²) in [4.78, 5) is 32.2. The lowest BCUT2D eigenvalue weighted by atomic mass is 10.1. The Kier molecular flexibility index (Phi) is 3.60. The lowest BCUT2D eigenvalue weighted by Crippen LogP contribution is -2.61. The van der Waals surface area contributed by atoms with Gasteiger partial charge in [-0.25, -0.2) is 9.37 Å². The van der Waals surface area contributed by atoms with E-state index in [1.54, 1.807) is 18.7 Å². The van der Waals surface area contributed by atoms with Gasteiger partial charge in [-0.2, -0.15) is 0 Å². The molecule has 114 valence electrons. The number of carbonyl (C=O) groups excluding carboxylic acids is 2. The number of hydrogen-bond donors (Lipinski definition) is 0. The number of benzene rings is 1. The van der Waals surface area contributed by atoms with Crippen LogP contribution in [0, 0.1) is 6.92 Å². The molecule has 22 heavy (non-hydrogen) atoms. The first kappa shape index (κ1) is 14.9. The van der Waals surface area contributed by atoms with Gasteiger partial charge in [-0.3, -0.25) is 14.6 Å². The molecule has 2 heterocycles. The molecular weight excluding hydrogens is 348 g/mol. The number of aryl methyl sites for hydroxylation is 1. The Morgan fingerprint density at radius 3 is 2.55 bits per heavy atom. The fraction of sp³-hybridized carbons (Fsp3) is 0.333. The van der Waals surface area contributed by atoms with Crippen LogP contribution in [0.15, 0.2) is 29.3 Å². The molecule has 1 aromatic carbocycles. The van der Waals surface area contributed by atoms with E-state index in [9.17, 15) is 9.59 Å². The van der Waals surface area contributed by atoms with Crippen LogP contribution in [0.25, 0.3) is 0 Å². The first-order valence-corrected chi connectivity index (χ1v) is 7.68. The van der Waals surface area contributed by atoms with Crippen molar-refractivity contribution in [3.05, 3.63) is 35.4 Å². The number of halogens is 1. The first-order valence-electron chi connectivity index (χ1n) is 6.88. The number of imide groups is 1. The molecule has 7 heteroatoms. The number of amides is 3. The maximum atomic E-state index is 12.7. The molecule has 3 rings (SSSR count). The van der Waals surface area contributed by atoms with Crippen molar-refractivity contribution in [3.63, 3.8) is 0 Å². The Morgan fingerprint density at radius 2 is 1.91 bits per heavy atom. The van der Waals surface area contributed by atoms with Crippen LogP contribution < -0.4 is 0 Å². The minimum Gasteiger partial charge on any atom is -0.269 e. The largest absolute Gasteiger partial charge is 0.364 e. The van der Waals surface area contributed by atoms with Gasteiger partial charge in [-0.1, -0.05) is 29.8 Å². The minimum atomic E-state index is -0.553. The molecule has 1 atom stereocenters. The maximum Gasteiger partial charge on any atom is 0.364 e. The standard InChI is InChI=1S/C15H16BrN4O2/c1-9-4-6-10(7-5-9)8-20-13(21)11-12(19(3)15(20)22)17-14(16)18(11)2/h4-7,11H,8H2,1-3H3/q+1. The van der Waals surface area contributed by atoms with Crippen molar-refractivity contribution in [1.29, 1.82) is 0 Å². The molecule has 0 bridgehead atoms. The van der Waals surface area contributed by atoms with Crippen LogP contribution in [0.5, 0.6) is 0 Å². The molecule has 0 N–H and O–H groups in total. The normalized spacial score (nSPS) is 21.5. The highest BCUT2D eigenvalue weighted by molar-refractivity contribution is 9.18. The van der Waals surface area contributed by atoms with E-state index in [-0.39, 0.29) is 18.5 Å². The van der Waals surface area contributed by atoms with Gasteiger partial charge in [-0.15, -0.1) is 0 Å². The molecule has 0 aliphatic carbocycles. The Bertz CT molecular complexity index is 724.